The third-order valence-corrected chi connectivity index (χ3v) is 2.67. The zero-order chi connectivity index (χ0) is 7.40. The van der Waals surface area contributed by atoms with Crippen molar-refractivity contribution < 1.29 is 0 Å². The minimum absolute atomic E-state index is 0.781. The van der Waals surface area contributed by atoms with E-state index in [0.29, 0.717) is 0 Å². The van der Waals surface area contributed by atoms with Gasteiger partial charge in [-0.1, -0.05) is 22.9 Å². The van der Waals surface area contributed by atoms with Gasteiger partial charge < -0.3 is 5.32 Å². The maximum absolute atomic E-state index is 3.52. The van der Waals surface area contributed by atoms with E-state index in [2.05, 4.69) is 28.2 Å². The molecule has 1 saturated heterocycles. The molecule has 1 rings (SSSR count). The van der Waals surface area contributed by atoms with Gasteiger partial charge in [0, 0.05) is 11.4 Å². The van der Waals surface area contributed by atoms with Crippen LogP contribution in [0.1, 0.15) is 26.2 Å². The molecule has 1 N–H and O–H groups in total. The highest BCUT2D eigenvalue weighted by molar-refractivity contribution is 9.09. The standard InChI is InChI=1S/C8H16BrN/c1-7-3-5-10-8(6-7)2-4-9/h7-8,10H,2-6H2,1H3/t7-,8-/m1/s1. The van der Waals surface area contributed by atoms with Gasteiger partial charge in [-0.05, 0) is 31.7 Å². The van der Waals surface area contributed by atoms with Crippen LogP contribution in [0.15, 0.2) is 0 Å². The lowest BCUT2D eigenvalue weighted by Crippen LogP contribution is -2.37. The van der Waals surface area contributed by atoms with Gasteiger partial charge in [0.2, 0.25) is 0 Å². The first kappa shape index (κ1) is 8.54. The fraction of sp³-hybridized carbons (Fsp3) is 1.00. The van der Waals surface area contributed by atoms with E-state index in [9.17, 15) is 0 Å². The van der Waals surface area contributed by atoms with Crippen LogP contribution in [0, 0.1) is 5.92 Å². The van der Waals surface area contributed by atoms with Crippen LogP contribution in [0.4, 0.5) is 0 Å². The average Bonchev–Trinajstić information content (AvgIpc) is 1.88. The number of rotatable bonds is 2. The Hall–Kier alpha value is 0.440. The Labute approximate surface area is 71.7 Å². The molecule has 60 valence electrons. The molecule has 0 spiro atoms. The van der Waals surface area contributed by atoms with Crippen LogP contribution in [0.25, 0.3) is 0 Å². The fourth-order valence-electron chi connectivity index (χ4n) is 1.57. The van der Waals surface area contributed by atoms with Crippen molar-refractivity contribution in [1.29, 1.82) is 0 Å². The predicted molar refractivity (Wildman–Crippen MR) is 48.6 cm³/mol. The van der Waals surface area contributed by atoms with Crippen molar-refractivity contribution in [2.45, 2.75) is 32.2 Å². The van der Waals surface area contributed by atoms with Crippen molar-refractivity contribution in [1.82, 2.24) is 5.32 Å². The molecule has 1 heterocycles. The van der Waals surface area contributed by atoms with Crippen molar-refractivity contribution >= 4 is 15.9 Å². The Morgan fingerprint density at radius 2 is 2.40 bits per heavy atom. The van der Waals surface area contributed by atoms with Crippen LogP contribution < -0.4 is 5.32 Å². The highest BCUT2D eigenvalue weighted by atomic mass is 79.9. The van der Waals surface area contributed by atoms with Gasteiger partial charge in [0.05, 0.1) is 0 Å². The van der Waals surface area contributed by atoms with Gasteiger partial charge in [0.1, 0.15) is 0 Å². The van der Waals surface area contributed by atoms with Crippen LogP contribution in [0.3, 0.4) is 0 Å². The lowest BCUT2D eigenvalue weighted by molar-refractivity contribution is 0.316. The zero-order valence-electron chi connectivity index (χ0n) is 6.57. The van der Waals surface area contributed by atoms with Crippen LogP contribution in [-0.2, 0) is 0 Å². The number of hydrogen-bond donors (Lipinski definition) is 1. The molecule has 0 bridgehead atoms. The summed E-state index contributed by atoms with van der Waals surface area (Å²) >= 11 is 3.46. The predicted octanol–water partition coefficient (Wildman–Crippen LogP) is 2.16. The second kappa shape index (κ2) is 4.35. The van der Waals surface area contributed by atoms with Crippen LogP contribution in [0.2, 0.25) is 0 Å². The maximum Gasteiger partial charge on any atom is 0.00775 e. The molecule has 0 aliphatic carbocycles. The summed E-state index contributed by atoms with van der Waals surface area (Å²) in [5.41, 5.74) is 0. The van der Waals surface area contributed by atoms with E-state index in [4.69, 9.17) is 0 Å². The van der Waals surface area contributed by atoms with Gasteiger partial charge in [-0.15, -0.1) is 0 Å². The summed E-state index contributed by atoms with van der Waals surface area (Å²) in [6.07, 6.45) is 4.01. The lowest BCUT2D eigenvalue weighted by Gasteiger charge is -2.27. The van der Waals surface area contributed by atoms with E-state index < -0.39 is 0 Å². The van der Waals surface area contributed by atoms with Crippen molar-refractivity contribution in [2.75, 3.05) is 11.9 Å². The normalized spacial score (nSPS) is 34.2. The molecule has 1 nitrogen and oxygen atoms in total. The fourth-order valence-corrected chi connectivity index (χ4v) is 2.13. The first-order valence-corrected chi connectivity index (χ1v) is 5.24. The Morgan fingerprint density at radius 1 is 1.60 bits per heavy atom. The zero-order valence-corrected chi connectivity index (χ0v) is 8.15. The van der Waals surface area contributed by atoms with Crippen molar-refractivity contribution in [2.24, 2.45) is 5.92 Å². The number of alkyl halides is 1. The number of halogens is 1. The maximum atomic E-state index is 3.52. The summed E-state index contributed by atoms with van der Waals surface area (Å²) < 4.78 is 0. The molecule has 0 unspecified atom stereocenters. The molecule has 1 fully saturated rings. The number of hydrogen-bond acceptors (Lipinski definition) is 1. The molecule has 0 saturated carbocycles. The van der Waals surface area contributed by atoms with Crippen LogP contribution in [0.5, 0.6) is 0 Å². The lowest BCUT2D eigenvalue weighted by atomic mass is 9.93. The second-order valence-corrected chi connectivity index (χ2v) is 4.05. The van der Waals surface area contributed by atoms with Gasteiger partial charge in [0.15, 0.2) is 0 Å². The largest absolute Gasteiger partial charge is 0.314 e. The molecule has 10 heavy (non-hydrogen) atoms. The topological polar surface area (TPSA) is 12.0 Å². The van der Waals surface area contributed by atoms with E-state index in [1.54, 1.807) is 0 Å². The van der Waals surface area contributed by atoms with Gasteiger partial charge >= 0.3 is 0 Å². The quantitative estimate of drug-likeness (QED) is 0.682. The Kier molecular flexibility index (Phi) is 3.71. The Balaban J connectivity index is 2.18. The van der Waals surface area contributed by atoms with E-state index in [1.807, 2.05) is 0 Å². The molecule has 0 aromatic rings. The van der Waals surface area contributed by atoms with Crippen molar-refractivity contribution in [3.63, 3.8) is 0 Å². The molecule has 0 radical (unpaired) electrons. The van der Waals surface area contributed by atoms with Crippen molar-refractivity contribution in [3.8, 4) is 0 Å². The molecule has 0 aromatic heterocycles. The van der Waals surface area contributed by atoms with Gasteiger partial charge in [-0.25, -0.2) is 0 Å². The minimum Gasteiger partial charge on any atom is -0.314 e. The monoisotopic (exact) mass is 205 g/mol. The highest BCUT2D eigenvalue weighted by Crippen LogP contribution is 2.17. The van der Waals surface area contributed by atoms with Crippen LogP contribution in [-0.4, -0.2) is 17.9 Å². The molecule has 1 aliphatic rings. The van der Waals surface area contributed by atoms with Gasteiger partial charge in [-0.3, -0.25) is 0 Å². The molecule has 2 heteroatoms. The number of piperidine rings is 1. The van der Waals surface area contributed by atoms with E-state index in [-0.39, 0.29) is 0 Å². The summed E-state index contributed by atoms with van der Waals surface area (Å²) in [5.74, 6) is 0.935. The van der Waals surface area contributed by atoms with E-state index in [0.717, 1.165) is 17.3 Å². The summed E-state index contributed by atoms with van der Waals surface area (Å²) in [5, 5.41) is 4.66. The van der Waals surface area contributed by atoms with E-state index >= 15 is 0 Å². The second-order valence-electron chi connectivity index (χ2n) is 3.26. The summed E-state index contributed by atoms with van der Waals surface area (Å²) in [7, 11) is 0. The van der Waals surface area contributed by atoms with Crippen molar-refractivity contribution in [3.05, 3.63) is 0 Å². The molecule has 0 aromatic carbocycles. The third kappa shape index (κ3) is 2.59. The molecule has 0 amide bonds. The average molecular weight is 206 g/mol. The Morgan fingerprint density at radius 3 is 3.00 bits per heavy atom. The molecular weight excluding hydrogens is 190 g/mol. The Bertz CT molecular complexity index is 93.3. The number of nitrogens with one attached hydrogen (secondary N) is 1. The first-order chi connectivity index (χ1) is 4.83. The summed E-state index contributed by atoms with van der Waals surface area (Å²) in [6.45, 7) is 3.57. The highest BCUT2D eigenvalue weighted by Gasteiger charge is 2.16. The SMILES string of the molecule is C[C@@H]1CCN[C@H](CCBr)C1. The third-order valence-electron chi connectivity index (χ3n) is 2.21. The first-order valence-electron chi connectivity index (χ1n) is 4.12. The van der Waals surface area contributed by atoms with Gasteiger partial charge in [-0.2, -0.15) is 0 Å². The molecular formula is C8H16BrN. The molecule has 2 atom stereocenters. The molecule has 1 aliphatic heterocycles. The summed E-state index contributed by atoms with van der Waals surface area (Å²) in [4.78, 5) is 0. The van der Waals surface area contributed by atoms with Crippen LogP contribution >= 0.6 is 15.9 Å². The smallest absolute Gasteiger partial charge is 0.00775 e. The van der Waals surface area contributed by atoms with Gasteiger partial charge in [0.25, 0.3) is 0 Å². The minimum atomic E-state index is 0.781. The summed E-state index contributed by atoms with van der Waals surface area (Å²) in [6, 6.07) is 0.781. The van der Waals surface area contributed by atoms with E-state index in [1.165, 1.54) is 25.8 Å².